The van der Waals surface area contributed by atoms with E-state index in [2.05, 4.69) is 0 Å². The van der Waals surface area contributed by atoms with Gasteiger partial charge in [-0.1, -0.05) is 31.9 Å². The minimum absolute atomic E-state index is 0.106. The fourth-order valence-electron chi connectivity index (χ4n) is 4.15. The number of nitrogens with zero attached hydrogens (tertiary/aromatic N) is 2. The fraction of sp³-hybridized carbons (Fsp3) is 0.423. The van der Waals surface area contributed by atoms with Crippen LogP contribution < -0.4 is 10.6 Å². The Kier molecular flexibility index (Phi) is 8.92. The SMILES string of the molecule is CC(CN1CC(=O)N(Cc2ccc(F)cc2F)c2ccc(CCCCCCN)cc2C1=O)C(=O)O. The van der Waals surface area contributed by atoms with Crippen LogP contribution in [0.5, 0.6) is 0 Å². The van der Waals surface area contributed by atoms with Crippen LogP contribution in [0.25, 0.3) is 0 Å². The van der Waals surface area contributed by atoms with Crippen LogP contribution in [0.1, 0.15) is 54.1 Å². The number of nitrogens with two attached hydrogens (primary N) is 1. The van der Waals surface area contributed by atoms with Crippen LogP contribution in [0, 0.1) is 17.6 Å². The van der Waals surface area contributed by atoms with Crippen molar-refractivity contribution < 1.29 is 28.3 Å². The molecule has 0 fully saturated rings. The van der Waals surface area contributed by atoms with Crippen LogP contribution in [-0.4, -0.2) is 47.4 Å². The minimum atomic E-state index is -1.08. The Morgan fingerprint density at radius 3 is 2.51 bits per heavy atom. The molecule has 0 spiro atoms. The van der Waals surface area contributed by atoms with Crippen molar-refractivity contribution in [2.45, 2.75) is 45.6 Å². The van der Waals surface area contributed by atoms with Gasteiger partial charge in [0.05, 0.1) is 23.7 Å². The molecule has 2 amide bonds. The van der Waals surface area contributed by atoms with Gasteiger partial charge >= 0.3 is 5.97 Å². The van der Waals surface area contributed by atoms with E-state index >= 15 is 0 Å². The molecule has 3 rings (SSSR count). The number of carbonyl (C=O) groups is 3. The predicted octanol–water partition coefficient (Wildman–Crippen LogP) is 3.74. The Hall–Kier alpha value is -3.33. The molecular weight excluding hydrogens is 456 g/mol. The van der Waals surface area contributed by atoms with Crippen molar-refractivity contribution in [1.29, 1.82) is 0 Å². The van der Waals surface area contributed by atoms with Crippen LogP contribution in [0.2, 0.25) is 0 Å². The maximum absolute atomic E-state index is 14.4. The van der Waals surface area contributed by atoms with Gasteiger partial charge in [-0.05, 0) is 49.6 Å². The van der Waals surface area contributed by atoms with Gasteiger partial charge in [-0.25, -0.2) is 8.78 Å². The van der Waals surface area contributed by atoms with Crippen molar-refractivity contribution in [2.75, 3.05) is 24.5 Å². The highest BCUT2D eigenvalue weighted by Crippen LogP contribution is 2.30. The summed E-state index contributed by atoms with van der Waals surface area (Å²) in [7, 11) is 0. The molecule has 0 aromatic heterocycles. The first-order valence-corrected chi connectivity index (χ1v) is 11.8. The zero-order chi connectivity index (χ0) is 25.5. The zero-order valence-electron chi connectivity index (χ0n) is 19.8. The lowest BCUT2D eigenvalue weighted by Crippen LogP contribution is -2.42. The van der Waals surface area contributed by atoms with Crippen molar-refractivity contribution in [3.63, 3.8) is 0 Å². The van der Waals surface area contributed by atoms with Crippen LogP contribution in [0.15, 0.2) is 36.4 Å². The minimum Gasteiger partial charge on any atom is -0.481 e. The number of unbranched alkanes of at least 4 members (excludes halogenated alkanes) is 3. The molecule has 0 saturated heterocycles. The molecule has 188 valence electrons. The molecule has 1 unspecified atom stereocenters. The van der Waals surface area contributed by atoms with E-state index in [1.165, 1.54) is 22.8 Å². The van der Waals surface area contributed by atoms with Gasteiger partial charge in [0.25, 0.3) is 5.91 Å². The van der Waals surface area contributed by atoms with Gasteiger partial charge in [0.1, 0.15) is 18.2 Å². The number of carbonyl (C=O) groups excluding carboxylic acids is 2. The van der Waals surface area contributed by atoms with Crippen molar-refractivity contribution in [2.24, 2.45) is 11.7 Å². The van der Waals surface area contributed by atoms with Gasteiger partial charge in [-0.2, -0.15) is 0 Å². The van der Waals surface area contributed by atoms with E-state index in [4.69, 9.17) is 5.73 Å². The molecule has 0 saturated carbocycles. The Labute approximate surface area is 203 Å². The highest BCUT2D eigenvalue weighted by molar-refractivity contribution is 6.09. The predicted molar refractivity (Wildman–Crippen MR) is 128 cm³/mol. The smallest absolute Gasteiger partial charge is 0.308 e. The fourth-order valence-corrected chi connectivity index (χ4v) is 4.15. The van der Waals surface area contributed by atoms with Crippen molar-refractivity contribution in [1.82, 2.24) is 4.90 Å². The lowest BCUT2D eigenvalue weighted by Gasteiger charge is -2.24. The summed E-state index contributed by atoms with van der Waals surface area (Å²) in [6.45, 7) is 1.45. The molecule has 2 aromatic carbocycles. The number of aliphatic carboxylic acids is 1. The number of hydrogen-bond acceptors (Lipinski definition) is 4. The molecule has 9 heteroatoms. The van der Waals surface area contributed by atoms with E-state index < -0.39 is 35.3 Å². The number of rotatable bonds is 11. The molecule has 0 bridgehead atoms. The van der Waals surface area contributed by atoms with E-state index in [0.29, 0.717) is 12.2 Å². The Morgan fingerprint density at radius 1 is 1.09 bits per heavy atom. The average Bonchev–Trinajstić information content (AvgIpc) is 2.90. The zero-order valence-corrected chi connectivity index (χ0v) is 19.8. The molecular formula is C26H31F2N3O4. The molecule has 1 aliphatic rings. The van der Waals surface area contributed by atoms with Gasteiger partial charge in [-0.3, -0.25) is 14.4 Å². The number of hydrogen-bond donors (Lipinski definition) is 2. The van der Waals surface area contributed by atoms with Crippen molar-refractivity contribution >= 4 is 23.5 Å². The van der Waals surface area contributed by atoms with Crippen LogP contribution in [0.3, 0.4) is 0 Å². The number of carboxylic acids is 1. The normalized spacial score (nSPS) is 14.6. The van der Waals surface area contributed by atoms with Crippen molar-refractivity contribution in [3.8, 4) is 0 Å². The quantitative estimate of drug-likeness (QED) is 0.470. The second-order valence-corrected chi connectivity index (χ2v) is 8.94. The monoisotopic (exact) mass is 487 g/mol. The van der Waals surface area contributed by atoms with Gasteiger partial charge in [0.15, 0.2) is 0 Å². The lowest BCUT2D eigenvalue weighted by atomic mass is 10.0. The number of anilines is 1. The molecule has 0 aliphatic carbocycles. The highest BCUT2D eigenvalue weighted by atomic mass is 19.1. The van der Waals surface area contributed by atoms with Crippen LogP contribution in [0.4, 0.5) is 14.5 Å². The number of benzene rings is 2. The van der Waals surface area contributed by atoms with Gasteiger partial charge < -0.3 is 20.6 Å². The van der Waals surface area contributed by atoms with Gasteiger partial charge in [0, 0.05) is 18.2 Å². The maximum Gasteiger partial charge on any atom is 0.308 e. The largest absolute Gasteiger partial charge is 0.481 e. The van der Waals surface area contributed by atoms with Crippen LogP contribution >= 0.6 is 0 Å². The van der Waals surface area contributed by atoms with Gasteiger partial charge in [-0.15, -0.1) is 0 Å². The second-order valence-electron chi connectivity index (χ2n) is 8.94. The molecule has 1 aliphatic heterocycles. The number of halogens is 2. The summed E-state index contributed by atoms with van der Waals surface area (Å²) >= 11 is 0. The highest BCUT2D eigenvalue weighted by Gasteiger charge is 2.33. The van der Waals surface area contributed by atoms with E-state index in [0.717, 1.165) is 49.8 Å². The van der Waals surface area contributed by atoms with E-state index in [1.54, 1.807) is 12.1 Å². The standard InChI is InChI=1S/C26H31F2N3O4/c1-17(26(34)35)14-30-16-24(32)31(15-19-8-9-20(27)13-22(19)28)23-10-7-18(12-21(23)25(30)33)6-4-2-3-5-11-29/h7-10,12-13,17H,2-6,11,14-16,29H2,1H3,(H,34,35). The molecule has 7 nitrogen and oxygen atoms in total. The molecule has 35 heavy (non-hydrogen) atoms. The summed E-state index contributed by atoms with van der Waals surface area (Å²) in [5.74, 6) is -4.40. The Bertz CT molecular complexity index is 1090. The van der Waals surface area contributed by atoms with Gasteiger partial charge in [0.2, 0.25) is 5.91 Å². The summed E-state index contributed by atoms with van der Waals surface area (Å²) in [5.41, 5.74) is 7.14. The third-order valence-electron chi connectivity index (χ3n) is 6.18. The summed E-state index contributed by atoms with van der Waals surface area (Å²) < 4.78 is 27.8. The number of amides is 2. The van der Waals surface area contributed by atoms with E-state index in [1.807, 2.05) is 6.07 Å². The lowest BCUT2D eigenvalue weighted by molar-refractivity contribution is -0.141. The number of fused-ring (bicyclic) bond motifs is 1. The number of carboxylic acid groups (broad SMARTS) is 1. The third kappa shape index (κ3) is 6.63. The first-order chi connectivity index (χ1) is 16.7. The maximum atomic E-state index is 14.4. The molecule has 1 heterocycles. The summed E-state index contributed by atoms with van der Waals surface area (Å²) in [6.07, 6.45) is 4.62. The van der Waals surface area contributed by atoms with E-state index in [-0.39, 0.29) is 30.8 Å². The first-order valence-electron chi connectivity index (χ1n) is 11.8. The van der Waals surface area contributed by atoms with Crippen molar-refractivity contribution in [3.05, 3.63) is 64.7 Å². The van der Waals surface area contributed by atoms with Crippen LogP contribution in [-0.2, 0) is 22.6 Å². The van der Waals surface area contributed by atoms with E-state index in [9.17, 15) is 28.3 Å². The summed E-state index contributed by atoms with van der Waals surface area (Å²) in [6, 6.07) is 8.37. The second kappa shape index (κ2) is 11.9. The topological polar surface area (TPSA) is 104 Å². The molecule has 1 atom stereocenters. The Morgan fingerprint density at radius 2 is 1.83 bits per heavy atom. The molecule has 0 radical (unpaired) electrons. The summed E-state index contributed by atoms with van der Waals surface area (Å²) in [5, 5.41) is 9.32. The average molecular weight is 488 g/mol. The number of aryl methyl sites for hydroxylation is 1. The summed E-state index contributed by atoms with van der Waals surface area (Å²) in [4.78, 5) is 40.6. The molecule has 2 aromatic rings. The Balaban J connectivity index is 1.94. The first kappa shape index (κ1) is 26.3. The third-order valence-corrected chi connectivity index (χ3v) is 6.18. The molecule has 3 N–H and O–H groups in total.